The number of carbonyl (C=O) groups is 3. The van der Waals surface area contributed by atoms with Gasteiger partial charge in [0.15, 0.2) is 0 Å². The van der Waals surface area contributed by atoms with Crippen LogP contribution < -0.4 is 0 Å². The molecular weight excluding hydrogens is 240 g/mol. The summed E-state index contributed by atoms with van der Waals surface area (Å²) in [5.41, 5.74) is -0.684. The van der Waals surface area contributed by atoms with E-state index >= 15 is 0 Å². The third kappa shape index (κ3) is 2.80. The first-order valence-electron chi connectivity index (χ1n) is 5.37. The molecule has 0 N–H and O–H groups in total. The van der Waals surface area contributed by atoms with Crippen LogP contribution in [0.5, 0.6) is 0 Å². The third-order valence-corrected chi connectivity index (χ3v) is 3.02. The first kappa shape index (κ1) is 14.0. The highest BCUT2D eigenvalue weighted by atomic mass is 32.2. The van der Waals surface area contributed by atoms with E-state index in [0.717, 1.165) is 21.2 Å². The highest BCUT2D eigenvalue weighted by Crippen LogP contribution is 2.34. The second kappa shape index (κ2) is 4.01. The molecule has 96 valence electrons. The van der Waals surface area contributed by atoms with E-state index in [-0.39, 0.29) is 4.75 Å². The zero-order chi connectivity index (χ0) is 13.6. The lowest BCUT2D eigenvalue weighted by atomic mass is 10.1. The van der Waals surface area contributed by atoms with Gasteiger partial charge < -0.3 is 0 Å². The van der Waals surface area contributed by atoms with E-state index in [2.05, 4.69) is 0 Å². The largest absolute Gasteiger partial charge is 0.345 e. The summed E-state index contributed by atoms with van der Waals surface area (Å²) < 4.78 is 0.646. The van der Waals surface area contributed by atoms with E-state index in [1.54, 1.807) is 20.8 Å². The molecule has 0 spiro atoms. The van der Waals surface area contributed by atoms with Gasteiger partial charge in [-0.05, 0) is 53.5 Å². The van der Waals surface area contributed by atoms with Crippen LogP contribution in [0.1, 0.15) is 41.5 Å². The normalized spacial score (nSPS) is 18.4. The van der Waals surface area contributed by atoms with Crippen LogP contribution in [0, 0.1) is 0 Å². The van der Waals surface area contributed by atoms with Gasteiger partial charge in [0.1, 0.15) is 0 Å². The molecule has 5 nitrogen and oxygen atoms in total. The summed E-state index contributed by atoms with van der Waals surface area (Å²) >= 11 is 1.08. The van der Waals surface area contributed by atoms with Crippen LogP contribution in [0.3, 0.4) is 0 Å². The number of amides is 4. The monoisotopic (exact) mass is 258 g/mol. The van der Waals surface area contributed by atoms with Crippen molar-refractivity contribution in [3.8, 4) is 0 Å². The molecule has 1 rings (SSSR count). The summed E-state index contributed by atoms with van der Waals surface area (Å²) in [6, 6.07) is -0.549. The van der Waals surface area contributed by atoms with Crippen molar-refractivity contribution in [2.45, 2.75) is 51.8 Å². The van der Waals surface area contributed by atoms with Gasteiger partial charge in [-0.25, -0.2) is 9.69 Å². The number of hydrogen-bond acceptors (Lipinski definition) is 4. The Morgan fingerprint density at radius 2 is 1.35 bits per heavy atom. The van der Waals surface area contributed by atoms with E-state index in [0.29, 0.717) is 0 Å². The molecule has 0 aromatic carbocycles. The fraction of sp³-hybridized carbons (Fsp3) is 0.727. The number of rotatable bonds is 1. The van der Waals surface area contributed by atoms with Crippen molar-refractivity contribution in [1.29, 1.82) is 0 Å². The maximum absolute atomic E-state index is 12.0. The Morgan fingerprint density at radius 3 is 1.65 bits per heavy atom. The molecule has 1 saturated heterocycles. The van der Waals surface area contributed by atoms with Gasteiger partial charge in [-0.1, -0.05) is 0 Å². The molecule has 0 unspecified atom stereocenters. The quantitative estimate of drug-likeness (QED) is 0.410. The van der Waals surface area contributed by atoms with E-state index in [9.17, 15) is 14.4 Å². The van der Waals surface area contributed by atoms with Crippen molar-refractivity contribution in [3.05, 3.63) is 0 Å². The van der Waals surface area contributed by atoms with Crippen molar-refractivity contribution in [2.24, 2.45) is 0 Å². The highest BCUT2D eigenvalue weighted by molar-refractivity contribution is 7.99. The Balaban J connectivity index is 3.03. The summed E-state index contributed by atoms with van der Waals surface area (Å²) in [6.45, 7) is 10.8. The highest BCUT2D eigenvalue weighted by Gasteiger charge is 2.50. The molecule has 1 heterocycles. The van der Waals surface area contributed by atoms with Crippen molar-refractivity contribution in [1.82, 2.24) is 9.21 Å². The lowest BCUT2D eigenvalue weighted by Gasteiger charge is -2.29. The van der Waals surface area contributed by atoms with E-state index in [4.69, 9.17) is 0 Å². The average Bonchev–Trinajstić information content (AvgIpc) is 2.26. The molecule has 0 radical (unpaired) electrons. The molecule has 6 heteroatoms. The summed E-state index contributed by atoms with van der Waals surface area (Å²) in [5.74, 6) is -1.51. The molecule has 0 saturated carbocycles. The summed E-state index contributed by atoms with van der Waals surface area (Å²) in [4.78, 5) is 36.6. The molecule has 4 amide bonds. The van der Waals surface area contributed by atoms with Gasteiger partial charge in [0, 0.05) is 10.3 Å². The number of carbonyl (C=O) groups excluding carboxylic acids is 3. The maximum atomic E-state index is 12.0. The smallest absolute Gasteiger partial charge is 0.263 e. The van der Waals surface area contributed by atoms with Gasteiger partial charge in [-0.15, -0.1) is 0 Å². The number of hydrogen-bond donors (Lipinski definition) is 0. The van der Waals surface area contributed by atoms with Crippen molar-refractivity contribution in [3.63, 3.8) is 0 Å². The molecule has 1 aliphatic rings. The van der Waals surface area contributed by atoms with Gasteiger partial charge in [-0.2, -0.15) is 4.31 Å². The van der Waals surface area contributed by atoms with Crippen LogP contribution in [0.2, 0.25) is 0 Å². The maximum Gasteiger partial charge on any atom is 0.345 e. The minimum atomic E-state index is -0.759. The fourth-order valence-corrected chi connectivity index (χ4v) is 2.26. The van der Waals surface area contributed by atoms with Gasteiger partial charge in [-0.3, -0.25) is 9.59 Å². The van der Waals surface area contributed by atoms with Crippen LogP contribution in [-0.4, -0.2) is 37.3 Å². The van der Waals surface area contributed by atoms with Gasteiger partial charge in [0.05, 0.1) is 0 Å². The van der Waals surface area contributed by atoms with Gasteiger partial charge >= 0.3 is 17.8 Å². The van der Waals surface area contributed by atoms with Crippen molar-refractivity contribution in [2.75, 3.05) is 0 Å². The number of urea groups is 1. The number of imide groups is 2. The predicted octanol–water partition coefficient (Wildman–Crippen LogP) is 2.02. The van der Waals surface area contributed by atoms with Gasteiger partial charge in [0.2, 0.25) is 0 Å². The standard InChI is InChI=1S/C11H18N2O3S/c1-10(2,3)12-7(14)8(15)13(9(12)16)17-11(4,5)6/h1-6H3. The second-order valence-electron chi connectivity index (χ2n) is 5.90. The van der Waals surface area contributed by atoms with Gasteiger partial charge in [0.25, 0.3) is 0 Å². The molecule has 1 aliphatic heterocycles. The fourth-order valence-electron chi connectivity index (χ4n) is 1.39. The second-order valence-corrected chi connectivity index (χ2v) is 7.67. The number of nitrogens with zero attached hydrogens (tertiary/aromatic N) is 2. The Hall–Kier alpha value is -1.04. The van der Waals surface area contributed by atoms with Crippen LogP contribution >= 0.6 is 11.9 Å². The lowest BCUT2D eigenvalue weighted by Crippen LogP contribution is -2.46. The van der Waals surface area contributed by atoms with E-state index < -0.39 is 23.4 Å². The topological polar surface area (TPSA) is 57.7 Å². The zero-order valence-corrected chi connectivity index (χ0v) is 11.8. The first-order valence-corrected chi connectivity index (χ1v) is 6.14. The molecule has 0 aromatic rings. The molecule has 1 fully saturated rings. The molecule has 17 heavy (non-hydrogen) atoms. The molecular formula is C11H18N2O3S. The predicted molar refractivity (Wildman–Crippen MR) is 66.2 cm³/mol. The Morgan fingerprint density at radius 1 is 0.882 bits per heavy atom. The summed E-state index contributed by atoms with van der Waals surface area (Å²) in [5, 5.41) is 0. The molecule has 0 atom stereocenters. The minimum Gasteiger partial charge on any atom is -0.263 e. The zero-order valence-electron chi connectivity index (χ0n) is 11.0. The van der Waals surface area contributed by atoms with Crippen LogP contribution in [0.25, 0.3) is 0 Å². The average molecular weight is 258 g/mol. The Kier molecular flexibility index (Phi) is 3.31. The van der Waals surface area contributed by atoms with Crippen LogP contribution in [0.4, 0.5) is 4.79 Å². The Bertz CT molecular complexity index is 379. The first-order chi connectivity index (χ1) is 7.45. The molecule has 0 aromatic heterocycles. The SMILES string of the molecule is CC(C)(C)SN1C(=O)C(=O)N(C(C)(C)C)C1=O. The van der Waals surface area contributed by atoms with Crippen LogP contribution in [-0.2, 0) is 9.59 Å². The van der Waals surface area contributed by atoms with E-state index in [1.807, 2.05) is 20.8 Å². The summed E-state index contributed by atoms with van der Waals surface area (Å²) in [7, 11) is 0. The van der Waals surface area contributed by atoms with Crippen molar-refractivity contribution >= 4 is 29.8 Å². The van der Waals surface area contributed by atoms with E-state index in [1.165, 1.54) is 0 Å². The van der Waals surface area contributed by atoms with Crippen LogP contribution in [0.15, 0.2) is 0 Å². The molecule has 0 bridgehead atoms. The van der Waals surface area contributed by atoms with Crippen molar-refractivity contribution < 1.29 is 14.4 Å². The minimum absolute atomic E-state index is 0.306. The third-order valence-electron chi connectivity index (χ3n) is 1.97. The molecule has 0 aliphatic carbocycles. The lowest BCUT2D eigenvalue weighted by molar-refractivity contribution is -0.143. The summed E-state index contributed by atoms with van der Waals surface area (Å²) in [6.07, 6.45) is 0. The Labute approximate surface area is 106 Å².